The minimum Gasteiger partial charge on any atom is -0.297 e. The summed E-state index contributed by atoms with van der Waals surface area (Å²) in [6, 6.07) is 12.9. The first-order valence-electron chi connectivity index (χ1n) is 9.80. The van der Waals surface area contributed by atoms with Gasteiger partial charge in [-0.05, 0) is 60.2 Å². The largest absolute Gasteiger partial charge is 0.297 e. The molecule has 0 bridgehead atoms. The Morgan fingerprint density at radius 2 is 1.89 bits per heavy atom. The summed E-state index contributed by atoms with van der Waals surface area (Å²) in [7, 11) is 1.74. The van der Waals surface area contributed by atoms with E-state index in [1.54, 1.807) is 31.5 Å². The summed E-state index contributed by atoms with van der Waals surface area (Å²) < 4.78 is 13.9. The summed E-state index contributed by atoms with van der Waals surface area (Å²) in [5, 5.41) is 0. The zero-order chi connectivity index (χ0) is 20.2. The summed E-state index contributed by atoms with van der Waals surface area (Å²) in [5.74, 6) is 5.86. The van der Waals surface area contributed by atoms with Gasteiger partial charge in [0, 0.05) is 18.8 Å². The molecular formula is C26H28FN. The Labute approximate surface area is 168 Å². The first-order valence-corrected chi connectivity index (χ1v) is 9.80. The molecule has 0 unspecified atom stereocenters. The van der Waals surface area contributed by atoms with Gasteiger partial charge in [-0.15, -0.1) is 0 Å². The van der Waals surface area contributed by atoms with Crippen molar-refractivity contribution in [3.8, 4) is 11.8 Å². The van der Waals surface area contributed by atoms with Crippen LogP contribution in [0.25, 0.3) is 5.57 Å². The van der Waals surface area contributed by atoms with Crippen LogP contribution in [0.2, 0.25) is 0 Å². The number of allylic oxidation sites excluding steroid dienone is 3. The maximum atomic E-state index is 13.9. The van der Waals surface area contributed by atoms with E-state index in [0.29, 0.717) is 5.56 Å². The second kappa shape index (κ2) is 11.7. The van der Waals surface area contributed by atoms with E-state index >= 15 is 0 Å². The summed E-state index contributed by atoms with van der Waals surface area (Å²) >= 11 is 0. The lowest BCUT2D eigenvalue weighted by Crippen LogP contribution is -1.93. The highest BCUT2D eigenvalue weighted by molar-refractivity contribution is 5.71. The highest BCUT2D eigenvalue weighted by atomic mass is 19.1. The molecule has 1 nitrogen and oxygen atoms in total. The van der Waals surface area contributed by atoms with Gasteiger partial charge in [0.1, 0.15) is 5.82 Å². The number of halogens is 1. The van der Waals surface area contributed by atoms with E-state index in [1.807, 2.05) is 12.2 Å². The Balaban J connectivity index is 2.32. The van der Waals surface area contributed by atoms with Gasteiger partial charge in [0.2, 0.25) is 0 Å². The number of unbranched alkanes of at least 4 members (excludes halogenated alkanes) is 2. The first kappa shape index (κ1) is 21.4. The van der Waals surface area contributed by atoms with E-state index in [9.17, 15) is 4.39 Å². The highest BCUT2D eigenvalue weighted by Crippen LogP contribution is 2.23. The Bertz CT molecular complexity index is 910. The molecule has 0 aromatic heterocycles. The van der Waals surface area contributed by atoms with Crippen molar-refractivity contribution >= 4 is 11.8 Å². The fraction of sp³-hybridized carbons (Fsp3) is 0.269. The molecular weight excluding hydrogens is 345 g/mol. The number of rotatable bonds is 8. The minimum absolute atomic E-state index is 0.296. The fourth-order valence-corrected chi connectivity index (χ4v) is 2.86. The zero-order valence-corrected chi connectivity index (χ0v) is 16.8. The predicted octanol–water partition coefficient (Wildman–Crippen LogP) is 6.62. The predicted molar refractivity (Wildman–Crippen MR) is 119 cm³/mol. The smallest absolute Gasteiger partial charge is 0.138 e. The molecule has 0 heterocycles. The maximum absolute atomic E-state index is 13.9. The second-order valence-corrected chi connectivity index (χ2v) is 6.70. The van der Waals surface area contributed by atoms with E-state index in [-0.39, 0.29) is 5.82 Å². The lowest BCUT2D eigenvalue weighted by atomic mass is 9.95. The third-order valence-corrected chi connectivity index (χ3v) is 4.51. The van der Waals surface area contributed by atoms with Gasteiger partial charge in [0.25, 0.3) is 0 Å². The molecule has 0 aliphatic rings. The van der Waals surface area contributed by atoms with Crippen LogP contribution in [-0.4, -0.2) is 13.3 Å². The normalized spacial score (nSPS) is 11.0. The summed E-state index contributed by atoms with van der Waals surface area (Å²) in [6.07, 6.45) is 11.0. The quantitative estimate of drug-likeness (QED) is 0.280. The molecule has 0 N–H and O–H groups in total. The second-order valence-electron chi connectivity index (χ2n) is 6.70. The fourth-order valence-electron chi connectivity index (χ4n) is 2.86. The van der Waals surface area contributed by atoms with Gasteiger partial charge in [-0.2, -0.15) is 0 Å². The van der Waals surface area contributed by atoms with Crippen molar-refractivity contribution in [3.63, 3.8) is 0 Å². The molecule has 2 rings (SSSR count). The van der Waals surface area contributed by atoms with Crippen LogP contribution in [0.4, 0.5) is 4.39 Å². The van der Waals surface area contributed by atoms with Gasteiger partial charge in [0.05, 0.1) is 5.56 Å². The molecule has 0 spiro atoms. The van der Waals surface area contributed by atoms with Crippen molar-refractivity contribution in [3.05, 3.63) is 89.3 Å². The Hall–Kier alpha value is -2.92. The molecule has 0 radical (unpaired) electrons. The molecule has 0 aliphatic heterocycles. The number of hydrogen-bond acceptors (Lipinski definition) is 1. The summed E-state index contributed by atoms with van der Waals surface area (Å²) in [6.45, 7) is 6.45. The van der Waals surface area contributed by atoms with E-state index in [0.717, 1.165) is 41.5 Å². The lowest BCUT2D eigenvalue weighted by Gasteiger charge is -2.09. The van der Waals surface area contributed by atoms with E-state index in [1.165, 1.54) is 18.9 Å². The summed E-state index contributed by atoms with van der Waals surface area (Å²) in [5.41, 5.74) is 4.67. The lowest BCUT2D eigenvalue weighted by molar-refractivity contribution is 0.624. The monoisotopic (exact) mass is 373 g/mol. The average molecular weight is 374 g/mol. The Kier molecular flexibility index (Phi) is 8.95. The van der Waals surface area contributed by atoms with Crippen LogP contribution in [0.5, 0.6) is 0 Å². The number of nitrogens with zero attached hydrogens (tertiary/aromatic N) is 1. The molecule has 2 heteroatoms. The van der Waals surface area contributed by atoms with E-state index in [2.05, 4.69) is 48.5 Å². The van der Waals surface area contributed by atoms with Crippen LogP contribution in [-0.2, 0) is 6.42 Å². The van der Waals surface area contributed by atoms with Crippen molar-refractivity contribution in [1.82, 2.24) is 0 Å². The van der Waals surface area contributed by atoms with Crippen molar-refractivity contribution in [2.24, 2.45) is 4.99 Å². The topological polar surface area (TPSA) is 12.4 Å². The number of aliphatic imine (C=N–C) groups is 1. The number of hydrogen-bond donors (Lipinski definition) is 0. The molecule has 0 aliphatic carbocycles. The first-order chi connectivity index (χ1) is 13.7. The molecule has 2 aromatic carbocycles. The van der Waals surface area contributed by atoms with Crippen LogP contribution < -0.4 is 0 Å². The van der Waals surface area contributed by atoms with Crippen LogP contribution >= 0.6 is 0 Å². The van der Waals surface area contributed by atoms with Gasteiger partial charge < -0.3 is 0 Å². The molecule has 0 saturated heterocycles. The Morgan fingerprint density at radius 3 is 2.64 bits per heavy atom. The SMILES string of the molecule is C=C(CCCCC)c1ccc(C/C=C\C=NC)c(C#Cc2ccccc2F)c1. The molecule has 2 aromatic rings. The van der Waals surface area contributed by atoms with Gasteiger partial charge in [-0.1, -0.05) is 68.5 Å². The maximum Gasteiger partial charge on any atom is 0.138 e. The molecule has 28 heavy (non-hydrogen) atoms. The summed E-state index contributed by atoms with van der Waals surface area (Å²) in [4.78, 5) is 3.95. The van der Waals surface area contributed by atoms with Crippen molar-refractivity contribution in [1.29, 1.82) is 0 Å². The van der Waals surface area contributed by atoms with Gasteiger partial charge in [-0.3, -0.25) is 4.99 Å². The van der Waals surface area contributed by atoms with E-state index in [4.69, 9.17) is 0 Å². The van der Waals surface area contributed by atoms with Crippen LogP contribution in [0.1, 0.15) is 54.9 Å². The van der Waals surface area contributed by atoms with Gasteiger partial charge in [0.15, 0.2) is 0 Å². The third-order valence-electron chi connectivity index (χ3n) is 4.51. The zero-order valence-electron chi connectivity index (χ0n) is 16.8. The average Bonchev–Trinajstić information content (AvgIpc) is 2.71. The molecule has 0 amide bonds. The van der Waals surface area contributed by atoms with Crippen molar-refractivity contribution < 1.29 is 4.39 Å². The molecule has 0 atom stereocenters. The molecule has 0 fully saturated rings. The third kappa shape index (κ3) is 6.67. The van der Waals surface area contributed by atoms with E-state index < -0.39 is 0 Å². The highest BCUT2D eigenvalue weighted by Gasteiger charge is 2.05. The van der Waals surface area contributed by atoms with Gasteiger partial charge >= 0.3 is 0 Å². The number of benzene rings is 2. The molecule has 144 valence electrons. The van der Waals surface area contributed by atoms with Crippen molar-refractivity contribution in [2.45, 2.75) is 39.0 Å². The van der Waals surface area contributed by atoms with Crippen LogP contribution in [0.3, 0.4) is 0 Å². The minimum atomic E-state index is -0.296. The standard InChI is InChI=1S/C26H28FN/c1-4-5-6-11-21(2)24-17-15-22(12-9-10-19-28-3)25(20-24)18-16-23-13-7-8-14-26(23)27/h7-10,13-15,17,19-20H,2,4-6,11-12H2,1,3H3/b10-9-,28-19?. The van der Waals surface area contributed by atoms with Crippen LogP contribution in [0.15, 0.2) is 66.2 Å². The van der Waals surface area contributed by atoms with Crippen molar-refractivity contribution in [2.75, 3.05) is 7.05 Å². The Morgan fingerprint density at radius 1 is 1.11 bits per heavy atom. The van der Waals surface area contributed by atoms with Crippen LogP contribution in [0, 0.1) is 17.7 Å². The van der Waals surface area contributed by atoms with Gasteiger partial charge in [-0.25, -0.2) is 4.39 Å². The molecule has 0 saturated carbocycles.